The van der Waals surface area contributed by atoms with Crippen LogP contribution in [0.15, 0.2) is 48.5 Å². The van der Waals surface area contributed by atoms with Crippen LogP contribution in [-0.4, -0.2) is 61.8 Å². The highest BCUT2D eigenvalue weighted by atomic mass is 16.6. The van der Waals surface area contributed by atoms with Crippen LogP contribution in [0.4, 0.5) is 4.79 Å². The van der Waals surface area contributed by atoms with Crippen molar-refractivity contribution in [2.75, 3.05) is 20.3 Å². The van der Waals surface area contributed by atoms with Gasteiger partial charge >= 0.3 is 12.1 Å². The first-order valence-electron chi connectivity index (χ1n) is 14.3. The molecule has 0 aliphatic heterocycles. The van der Waals surface area contributed by atoms with Crippen molar-refractivity contribution < 1.29 is 33.4 Å². The van der Waals surface area contributed by atoms with Gasteiger partial charge in [-0.2, -0.15) is 5.26 Å². The smallest absolute Gasteiger partial charge is 0.408 e. The van der Waals surface area contributed by atoms with E-state index in [1.165, 1.54) is 19.2 Å². The van der Waals surface area contributed by atoms with E-state index in [-0.39, 0.29) is 30.8 Å². The Morgan fingerprint density at radius 2 is 1.58 bits per heavy atom. The Morgan fingerprint density at radius 1 is 0.907 bits per heavy atom. The molecule has 2 rings (SSSR count). The first kappa shape index (κ1) is 34.6. The van der Waals surface area contributed by atoms with E-state index >= 15 is 0 Å². The largest absolute Gasteiger partial charge is 0.481 e. The van der Waals surface area contributed by atoms with Crippen LogP contribution in [0.25, 0.3) is 0 Å². The molecule has 0 fully saturated rings. The molecular weight excluding hydrogens is 552 g/mol. The molecule has 0 saturated heterocycles. The predicted octanol–water partition coefficient (Wildman–Crippen LogP) is 3.58. The van der Waals surface area contributed by atoms with Crippen molar-refractivity contribution in [3.8, 4) is 11.8 Å². The van der Waals surface area contributed by atoms with Gasteiger partial charge in [0.2, 0.25) is 11.8 Å². The second-order valence-corrected chi connectivity index (χ2v) is 11.0. The number of amides is 3. The third-order valence-corrected chi connectivity index (χ3v) is 6.18. The molecule has 0 aliphatic rings. The summed E-state index contributed by atoms with van der Waals surface area (Å²) in [5.74, 6) is -1.38. The Balaban J connectivity index is 2.30. The fourth-order valence-electron chi connectivity index (χ4n) is 4.05. The van der Waals surface area contributed by atoms with Crippen molar-refractivity contribution in [1.82, 2.24) is 16.0 Å². The zero-order valence-corrected chi connectivity index (χ0v) is 25.5. The van der Waals surface area contributed by atoms with E-state index < -0.39 is 41.6 Å². The number of ether oxygens (including phenoxy) is 3. The Morgan fingerprint density at radius 3 is 2.21 bits per heavy atom. The molecule has 3 amide bonds. The molecule has 11 nitrogen and oxygen atoms in total. The van der Waals surface area contributed by atoms with Crippen LogP contribution in [0.5, 0.6) is 5.75 Å². The third-order valence-electron chi connectivity index (χ3n) is 6.18. The summed E-state index contributed by atoms with van der Waals surface area (Å²) in [6.45, 7) is 7.29. The van der Waals surface area contributed by atoms with Gasteiger partial charge in [0, 0.05) is 19.4 Å². The second-order valence-electron chi connectivity index (χ2n) is 11.0. The average molecular weight is 595 g/mol. The van der Waals surface area contributed by atoms with E-state index in [9.17, 15) is 24.4 Å². The number of methoxy groups -OCH3 is 1. The Hall–Kier alpha value is -4.59. The van der Waals surface area contributed by atoms with Crippen molar-refractivity contribution >= 4 is 23.9 Å². The molecule has 3 N–H and O–H groups in total. The van der Waals surface area contributed by atoms with Gasteiger partial charge in [-0.05, 0) is 50.5 Å². The molecular formula is C32H42N4O7. The average Bonchev–Trinajstić information content (AvgIpc) is 2.97. The zero-order chi connectivity index (χ0) is 31.8. The van der Waals surface area contributed by atoms with E-state index in [1.54, 1.807) is 26.8 Å². The van der Waals surface area contributed by atoms with Gasteiger partial charge in [-0.15, -0.1) is 0 Å². The van der Waals surface area contributed by atoms with E-state index in [2.05, 4.69) is 27.6 Å². The van der Waals surface area contributed by atoms with Crippen LogP contribution in [0.2, 0.25) is 0 Å². The summed E-state index contributed by atoms with van der Waals surface area (Å²) in [4.78, 5) is 51.0. The van der Waals surface area contributed by atoms with Crippen LogP contribution >= 0.6 is 0 Å². The first-order valence-corrected chi connectivity index (χ1v) is 14.3. The minimum Gasteiger partial charge on any atom is -0.481 e. The topological polar surface area (TPSA) is 156 Å². The van der Waals surface area contributed by atoms with Crippen LogP contribution in [0.3, 0.4) is 0 Å². The van der Waals surface area contributed by atoms with Gasteiger partial charge in [0.05, 0.1) is 12.7 Å². The number of hydrogen-bond acceptors (Lipinski definition) is 8. The number of carbonyl (C=O) groups is 4. The molecule has 232 valence electrons. The molecule has 0 spiro atoms. The van der Waals surface area contributed by atoms with Crippen LogP contribution in [0.1, 0.15) is 63.6 Å². The molecule has 0 saturated carbocycles. The van der Waals surface area contributed by atoms with Crippen molar-refractivity contribution in [2.24, 2.45) is 0 Å². The summed E-state index contributed by atoms with van der Waals surface area (Å²) in [5, 5.41) is 18.0. The highest BCUT2D eigenvalue weighted by molar-refractivity contribution is 5.91. The minimum atomic E-state index is -1.03. The number of alkyl carbamates (subject to hydrolysis) is 1. The molecule has 0 radical (unpaired) electrons. The lowest BCUT2D eigenvalue weighted by atomic mass is 10.0. The second kappa shape index (κ2) is 17.4. The SMILES string of the molecule is CCCCCNC(=O)[C@H](Cc1ccc(OCC(=O)OC)c(C#N)c1)NC(=O)C(Cc1ccccc1)NC(=O)OC(C)(C)C. The van der Waals surface area contributed by atoms with Crippen molar-refractivity contribution in [3.05, 3.63) is 65.2 Å². The van der Waals surface area contributed by atoms with Crippen molar-refractivity contribution in [2.45, 2.75) is 77.5 Å². The molecule has 0 aliphatic carbocycles. The lowest BCUT2D eigenvalue weighted by molar-refractivity contribution is -0.142. The molecule has 11 heteroatoms. The molecule has 2 aromatic carbocycles. The van der Waals surface area contributed by atoms with E-state index in [1.807, 2.05) is 36.4 Å². The van der Waals surface area contributed by atoms with Gasteiger partial charge in [0.1, 0.15) is 29.5 Å². The number of hydrogen-bond donors (Lipinski definition) is 3. The van der Waals surface area contributed by atoms with Crippen LogP contribution in [0, 0.1) is 11.3 Å². The normalized spacial score (nSPS) is 12.2. The summed E-state index contributed by atoms with van der Waals surface area (Å²) < 4.78 is 15.3. The van der Waals surface area contributed by atoms with Gasteiger partial charge < -0.3 is 30.2 Å². The highest BCUT2D eigenvalue weighted by Crippen LogP contribution is 2.21. The third kappa shape index (κ3) is 12.9. The van der Waals surface area contributed by atoms with Crippen molar-refractivity contribution in [1.29, 1.82) is 5.26 Å². The van der Waals surface area contributed by atoms with Crippen molar-refractivity contribution in [3.63, 3.8) is 0 Å². The van der Waals surface area contributed by atoms with Gasteiger partial charge in [0.15, 0.2) is 6.61 Å². The van der Waals surface area contributed by atoms with Gasteiger partial charge in [-0.1, -0.05) is 56.2 Å². The molecule has 1 unspecified atom stereocenters. The molecule has 2 aromatic rings. The fraction of sp³-hybridized carbons (Fsp3) is 0.469. The van der Waals surface area contributed by atoms with Gasteiger partial charge in [-0.25, -0.2) is 9.59 Å². The lowest BCUT2D eigenvalue weighted by Crippen LogP contribution is -2.55. The molecule has 0 heterocycles. The monoisotopic (exact) mass is 594 g/mol. The number of nitrogens with zero attached hydrogens (tertiary/aromatic N) is 1. The van der Waals surface area contributed by atoms with Crippen LogP contribution < -0.4 is 20.7 Å². The number of nitriles is 1. The fourth-order valence-corrected chi connectivity index (χ4v) is 4.05. The minimum absolute atomic E-state index is 0.0573. The van der Waals surface area contributed by atoms with E-state index in [0.717, 1.165) is 24.8 Å². The quantitative estimate of drug-likeness (QED) is 0.209. The molecule has 43 heavy (non-hydrogen) atoms. The standard InChI is InChI=1S/C32H42N4O7/c1-6-7-11-16-34-29(38)25(19-23-14-15-27(24(17-23)20-33)42-21-28(37)41-5)35-30(39)26(18-22-12-9-8-10-13-22)36-31(40)43-32(2,3)4/h8-10,12-15,17,25-26H,6-7,11,16,18-19,21H2,1-5H3,(H,34,38)(H,35,39)(H,36,40)/t25-,26?/m0/s1. The highest BCUT2D eigenvalue weighted by Gasteiger charge is 2.29. The maximum atomic E-state index is 13.6. The van der Waals surface area contributed by atoms with E-state index in [4.69, 9.17) is 9.47 Å². The number of carbonyl (C=O) groups excluding carboxylic acids is 4. The number of rotatable bonds is 15. The number of unbranched alkanes of at least 4 members (excludes halogenated alkanes) is 2. The zero-order valence-electron chi connectivity index (χ0n) is 25.5. The van der Waals surface area contributed by atoms with Crippen LogP contribution in [-0.2, 0) is 36.7 Å². The molecule has 0 aromatic heterocycles. The molecule has 2 atom stereocenters. The molecule has 0 bridgehead atoms. The lowest BCUT2D eigenvalue weighted by Gasteiger charge is -2.25. The van der Waals surface area contributed by atoms with Gasteiger partial charge in [0.25, 0.3) is 0 Å². The summed E-state index contributed by atoms with van der Waals surface area (Å²) in [7, 11) is 1.23. The number of esters is 1. The number of benzene rings is 2. The first-order chi connectivity index (χ1) is 20.4. The Bertz CT molecular complexity index is 1270. The summed E-state index contributed by atoms with van der Waals surface area (Å²) in [6.07, 6.45) is 2.17. The summed E-state index contributed by atoms with van der Waals surface area (Å²) >= 11 is 0. The number of nitrogens with one attached hydrogen (secondary N) is 3. The van der Waals surface area contributed by atoms with E-state index in [0.29, 0.717) is 12.1 Å². The Kier molecular flexibility index (Phi) is 14.0. The summed E-state index contributed by atoms with van der Waals surface area (Å²) in [6, 6.07) is 13.9. The maximum absolute atomic E-state index is 13.6. The Labute approximate surface area is 253 Å². The van der Waals surface area contributed by atoms with Gasteiger partial charge in [-0.3, -0.25) is 9.59 Å². The maximum Gasteiger partial charge on any atom is 0.408 e. The summed E-state index contributed by atoms with van der Waals surface area (Å²) in [5.41, 5.74) is 0.767. The predicted molar refractivity (Wildman–Crippen MR) is 160 cm³/mol.